The molecule has 7 nitrogen and oxygen atoms in total. The number of para-hydroxylation sites is 1. The first-order valence-corrected chi connectivity index (χ1v) is 6.14. The molecule has 1 saturated heterocycles. The highest BCUT2D eigenvalue weighted by atomic mass is 35.5. The number of nitrogens with two attached hydrogens (primary N) is 1. The zero-order chi connectivity index (χ0) is 13.8. The summed E-state index contributed by atoms with van der Waals surface area (Å²) in [6, 6.07) is 4.34. The van der Waals surface area contributed by atoms with Gasteiger partial charge in [-0.2, -0.15) is 0 Å². The Bertz CT molecular complexity index is 503. The van der Waals surface area contributed by atoms with Gasteiger partial charge in [0.2, 0.25) is 0 Å². The number of nitrogens with zero attached hydrogens (tertiary/aromatic N) is 1. The molecule has 20 heavy (non-hydrogen) atoms. The van der Waals surface area contributed by atoms with Gasteiger partial charge in [0.1, 0.15) is 5.69 Å². The van der Waals surface area contributed by atoms with Crippen molar-refractivity contribution in [2.24, 2.45) is 0 Å². The number of hydrogen-bond donors (Lipinski definition) is 3. The summed E-state index contributed by atoms with van der Waals surface area (Å²) >= 11 is 0. The maximum Gasteiger partial charge on any atom is 0.292 e. The third-order valence-corrected chi connectivity index (χ3v) is 3.20. The van der Waals surface area contributed by atoms with Crippen LogP contribution in [0.15, 0.2) is 18.2 Å². The molecule has 4 N–H and O–H groups in total. The molecular formula is C12H17ClN4O3. The lowest BCUT2D eigenvalue weighted by atomic mass is 10.1. The van der Waals surface area contributed by atoms with Gasteiger partial charge in [-0.3, -0.25) is 14.9 Å². The molecule has 1 aliphatic heterocycles. The standard InChI is InChI=1S/C12H16N4O3.ClH/c13-11-9(2-1-3-10(11)16(18)19)12(17)15-8-4-6-14-7-5-8;/h1-3,8,14H,4-7,13H2,(H,15,17);1H. The molecule has 0 bridgehead atoms. The van der Waals surface area contributed by atoms with Crippen molar-refractivity contribution in [3.05, 3.63) is 33.9 Å². The number of nitrogen functional groups attached to an aromatic ring is 1. The van der Waals surface area contributed by atoms with E-state index >= 15 is 0 Å². The van der Waals surface area contributed by atoms with Crippen molar-refractivity contribution >= 4 is 29.7 Å². The summed E-state index contributed by atoms with van der Waals surface area (Å²) < 4.78 is 0. The number of hydrogen-bond acceptors (Lipinski definition) is 5. The van der Waals surface area contributed by atoms with Crippen molar-refractivity contribution in [2.75, 3.05) is 18.8 Å². The van der Waals surface area contributed by atoms with E-state index in [0.29, 0.717) is 0 Å². The monoisotopic (exact) mass is 300 g/mol. The summed E-state index contributed by atoms with van der Waals surface area (Å²) in [5.41, 5.74) is 5.51. The predicted molar refractivity (Wildman–Crippen MR) is 78.1 cm³/mol. The second kappa shape index (κ2) is 7.06. The minimum absolute atomic E-state index is 0. The van der Waals surface area contributed by atoms with Crippen LogP contribution in [-0.4, -0.2) is 30.0 Å². The van der Waals surface area contributed by atoms with Crippen LogP contribution in [0.5, 0.6) is 0 Å². The lowest BCUT2D eigenvalue weighted by Gasteiger charge is -2.23. The van der Waals surface area contributed by atoms with Crippen LogP contribution in [0.1, 0.15) is 23.2 Å². The lowest BCUT2D eigenvalue weighted by Crippen LogP contribution is -2.42. The van der Waals surface area contributed by atoms with Crippen molar-refractivity contribution < 1.29 is 9.72 Å². The van der Waals surface area contributed by atoms with Crippen LogP contribution in [0.4, 0.5) is 11.4 Å². The van der Waals surface area contributed by atoms with E-state index in [4.69, 9.17) is 5.73 Å². The molecule has 2 rings (SSSR count). The number of halogens is 1. The molecule has 1 heterocycles. The molecule has 110 valence electrons. The maximum absolute atomic E-state index is 12.1. The Morgan fingerprint density at radius 2 is 2.05 bits per heavy atom. The normalized spacial score (nSPS) is 15.2. The highest BCUT2D eigenvalue weighted by molar-refractivity contribution is 6.01. The number of nitro benzene ring substituents is 1. The van der Waals surface area contributed by atoms with E-state index in [2.05, 4.69) is 10.6 Å². The molecule has 0 saturated carbocycles. The summed E-state index contributed by atoms with van der Waals surface area (Å²) in [5.74, 6) is -0.354. The molecule has 0 spiro atoms. The first kappa shape index (κ1) is 16.2. The Labute approximate surface area is 122 Å². The molecule has 0 radical (unpaired) electrons. The fraction of sp³-hybridized carbons (Fsp3) is 0.417. The van der Waals surface area contributed by atoms with Gasteiger partial charge in [-0.1, -0.05) is 6.07 Å². The third kappa shape index (κ3) is 3.58. The fourth-order valence-electron chi connectivity index (χ4n) is 2.14. The molecule has 0 aromatic heterocycles. The molecule has 8 heteroatoms. The number of amides is 1. The number of nitro groups is 1. The topological polar surface area (TPSA) is 110 Å². The number of benzene rings is 1. The molecular weight excluding hydrogens is 284 g/mol. The number of anilines is 1. The molecule has 0 atom stereocenters. The van der Waals surface area contributed by atoms with Crippen LogP contribution in [0.25, 0.3) is 0 Å². The molecule has 1 aromatic rings. The lowest BCUT2D eigenvalue weighted by molar-refractivity contribution is -0.383. The van der Waals surface area contributed by atoms with E-state index in [1.54, 1.807) is 0 Å². The number of rotatable bonds is 3. The SMILES string of the molecule is Cl.Nc1c(C(=O)NC2CCNCC2)cccc1[N+](=O)[O-]. The van der Waals surface area contributed by atoms with E-state index in [0.717, 1.165) is 25.9 Å². The number of carbonyl (C=O) groups is 1. The highest BCUT2D eigenvalue weighted by Crippen LogP contribution is 2.24. The highest BCUT2D eigenvalue weighted by Gasteiger charge is 2.21. The van der Waals surface area contributed by atoms with Gasteiger partial charge in [-0.15, -0.1) is 12.4 Å². The Morgan fingerprint density at radius 1 is 1.40 bits per heavy atom. The summed E-state index contributed by atoms with van der Waals surface area (Å²) in [4.78, 5) is 22.3. The minimum atomic E-state index is -0.587. The minimum Gasteiger partial charge on any atom is -0.393 e. The van der Waals surface area contributed by atoms with Gasteiger partial charge < -0.3 is 16.4 Å². The summed E-state index contributed by atoms with van der Waals surface area (Å²) in [5, 5.41) is 16.8. The smallest absolute Gasteiger partial charge is 0.292 e. The summed E-state index contributed by atoms with van der Waals surface area (Å²) in [6.45, 7) is 1.71. The van der Waals surface area contributed by atoms with E-state index in [1.165, 1.54) is 18.2 Å². The average Bonchev–Trinajstić information content (AvgIpc) is 2.39. The maximum atomic E-state index is 12.1. The molecule has 0 unspecified atom stereocenters. The summed E-state index contributed by atoms with van der Waals surface area (Å²) in [7, 11) is 0. The Kier molecular flexibility index (Phi) is 5.72. The number of piperidine rings is 1. The fourth-order valence-corrected chi connectivity index (χ4v) is 2.14. The third-order valence-electron chi connectivity index (χ3n) is 3.20. The van der Waals surface area contributed by atoms with Crippen molar-refractivity contribution in [1.82, 2.24) is 10.6 Å². The zero-order valence-electron chi connectivity index (χ0n) is 10.8. The predicted octanol–water partition coefficient (Wildman–Crippen LogP) is 1.08. The van der Waals surface area contributed by atoms with Gasteiger partial charge >= 0.3 is 0 Å². The van der Waals surface area contributed by atoms with Crippen molar-refractivity contribution in [3.8, 4) is 0 Å². The van der Waals surface area contributed by atoms with Crippen LogP contribution in [0.3, 0.4) is 0 Å². The van der Waals surface area contributed by atoms with Gasteiger partial charge in [0.05, 0.1) is 10.5 Å². The second-order valence-electron chi connectivity index (χ2n) is 4.49. The van der Waals surface area contributed by atoms with Crippen LogP contribution in [0, 0.1) is 10.1 Å². The average molecular weight is 301 g/mol. The first-order chi connectivity index (χ1) is 9.09. The number of carbonyl (C=O) groups excluding carboxylic acids is 1. The van der Waals surface area contributed by atoms with E-state index in [9.17, 15) is 14.9 Å². The van der Waals surface area contributed by atoms with Crippen molar-refractivity contribution in [2.45, 2.75) is 18.9 Å². The van der Waals surface area contributed by atoms with Crippen LogP contribution < -0.4 is 16.4 Å². The largest absolute Gasteiger partial charge is 0.393 e. The second-order valence-corrected chi connectivity index (χ2v) is 4.49. The molecule has 1 fully saturated rings. The Balaban J connectivity index is 0.00000200. The van der Waals surface area contributed by atoms with E-state index in [1.807, 2.05) is 0 Å². The molecule has 0 aliphatic carbocycles. The van der Waals surface area contributed by atoms with Crippen LogP contribution in [-0.2, 0) is 0 Å². The van der Waals surface area contributed by atoms with Crippen molar-refractivity contribution in [1.29, 1.82) is 0 Å². The summed E-state index contributed by atoms with van der Waals surface area (Å²) in [6.07, 6.45) is 1.70. The van der Waals surface area contributed by atoms with Gasteiger partial charge in [-0.25, -0.2) is 0 Å². The van der Waals surface area contributed by atoms with Gasteiger partial charge in [0, 0.05) is 12.1 Å². The van der Waals surface area contributed by atoms with E-state index < -0.39 is 4.92 Å². The molecule has 1 aliphatic rings. The zero-order valence-corrected chi connectivity index (χ0v) is 11.6. The molecule has 1 amide bonds. The Hall–Kier alpha value is -1.86. The Morgan fingerprint density at radius 3 is 2.65 bits per heavy atom. The van der Waals surface area contributed by atoms with E-state index in [-0.39, 0.29) is 41.3 Å². The quantitative estimate of drug-likeness (QED) is 0.439. The first-order valence-electron chi connectivity index (χ1n) is 6.14. The van der Waals surface area contributed by atoms with Crippen LogP contribution >= 0.6 is 12.4 Å². The van der Waals surface area contributed by atoms with Gasteiger partial charge in [0.15, 0.2) is 0 Å². The van der Waals surface area contributed by atoms with Crippen molar-refractivity contribution in [3.63, 3.8) is 0 Å². The molecule has 1 aromatic carbocycles. The van der Waals surface area contributed by atoms with Gasteiger partial charge in [0.25, 0.3) is 11.6 Å². The van der Waals surface area contributed by atoms with Crippen LogP contribution in [0.2, 0.25) is 0 Å². The van der Waals surface area contributed by atoms with Gasteiger partial charge in [-0.05, 0) is 32.0 Å². The number of nitrogens with one attached hydrogen (secondary N) is 2.